The highest BCUT2D eigenvalue weighted by Gasteiger charge is 2.40. The minimum atomic E-state index is -0.624. The number of nitrogens with zero attached hydrogens (tertiary/aromatic N) is 1. The molecule has 0 aliphatic rings. The molecule has 1 atom stereocenters. The Balaban J connectivity index is 2.90. The summed E-state index contributed by atoms with van der Waals surface area (Å²) in [5.41, 5.74) is 0.341. The lowest BCUT2D eigenvalue weighted by Crippen LogP contribution is -2.43. The van der Waals surface area contributed by atoms with Gasteiger partial charge in [0.1, 0.15) is 0 Å². The van der Waals surface area contributed by atoms with Gasteiger partial charge in [0.25, 0.3) is 0 Å². The van der Waals surface area contributed by atoms with E-state index in [0.29, 0.717) is 18.5 Å². The first-order chi connectivity index (χ1) is 10.1. The molecule has 0 bridgehead atoms. The molecule has 1 heterocycles. The van der Waals surface area contributed by atoms with E-state index in [1.165, 1.54) is 0 Å². The van der Waals surface area contributed by atoms with Crippen LogP contribution in [-0.4, -0.2) is 23.8 Å². The topological polar surface area (TPSA) is 71.1 Å². The molecule has 0 aliphatic carbocycles. The van der Waals surface area contributed by atoms with Crippen LogP contribution in [0.2, 0.25) is 0 Å². The van der Waals surface area contributed by atoms with Gasteiger partial charge < -0.3 is 10.6 Å². The summed E-state index contributed by atoms with van der Waals surface area (Å²) in [7, 11) is 1.62. The quantitative estimate of drug-likeness (QED) is 0.849. The Morgan fingerprint density at radius 2 is 1.82 bits per heavy atom. The average Bonchev–Trinajstić information content (AvgIpc) is 2.47. The molecule has 0 aliphatic heterocycles. The van der Waals surface area contributed by atoms with Crippen molar-refractivity contribution in [1.82, 2.24) is 10.3 Å². The zero-order valence-electron chi connectivity index (χ0n) is 14.4. The van der Waals surface area contributed by atoms with Crippen LogP contribution < -0.4 is 10.6 Å². The van der Waals surface area contributed by atoms with E-state index < -0.39 is 10.8 Å². The summed E-state index contributed by atoms with van der Waals surface area (Å²) < 4.78 is 0. The minimum absolute atomic E-state index is 0.0584. The molecule has 1 aromatic rings. The van der Waals surface area contributed by atoms with Crippen molar-refractivity contribution in [3.8, 4) is 0 Å². The molecule has 1 aromatic heterocycles. The van der Waals surface area contributed by atoms with Gasteiger partial charge in [-0.2, -0.15) is 0 Å². The molecule has 0 fully saturated rings. The molecule has 2 amide bonds. The fraction of sp³-hybridized carbons (Fsp3) is 0.588. The van der Waals surface area contributed by atoms with Crippen molar-refractivity contribution in [3.05, 3.63) is 24.0 Å². The first-order valence-corrected chi connectivity index (χ1v) is 7.61. The number of anilines is 1. The van der Waals surface area contributed by atoms with Gasteiger partial charge in [-0.05, 0) is 31.9 Å². The summed E-state index contributed by atoms with van der Waals surface area (Å²) in [6.07, 6.45) is 2.77. The fourth-order valence-electron chi connectivity index (χ4n) is 2.58. The number of aromatic nitrogens is 1. The SMILES string of the molecule is CCC(C)(CC(C)(C)C(=O)NC)C(=O)Nc1ccc(C)nc1. The van der Waals surface area contributed by atoms with Gasteiger partial charge in [0.2, 0.25) is 11.8 Å². The van der Waals surface area contributed by atoms with Crippen molar-refractivity contribution >= 4 is 17.5 Å². The van der Waals surface area contributed by atoms with Gasteiger partial charge in [0.05, 0.1) is 11.9 Å². The Morgan fingerprint density at radius 3 is 2.27 bits per heavy atom. The summed E-state index contributed by atoms with van der Waals surface area (Å²) >= 11 is 0. The second kappa shape index (κ2) is 6.90. The van der Waals surface area contributed by atoms with E-state index in [2.05, 4.69) is 15.6 Å². The van der Waals surface area contributed by atoms with E-state index in [1.807, 2.05) is 46.8 Å². The molecule has 0 aromatic carbocycles. The van der Waals surface area contributed by atoms with E-state index in [1.54, 1.807) is 13.2 Å². The van der Waals surface area contributed by atoms with Gasteiger partial charge in [-0.25, -0.2) is 0 Å². The van der Waals surface area contributed by atoms with Crippen LogP contribution >= 0.6 is 0 Å². The van der Waals surface area contributed by atoms with Crippen LogP contribution in [-0.2, 0) is 9.59 Å². The maximum Gasteiger partial charge on any atom is 0.230 e. The number of nitrogens with one attached hydrogen (secondary N) is 2. The van der Waals surface area contributed by atoms with E-state index in [0.717, 1.165) is 5.69 Å². The summed E-state index contributed by atoms with van der Waals surface area (Å²) in [6.45, 7) is 9.48. The van der Waals surface area contributed by atoms with Crippen LogP contribution in [0.3, 0.4) is 0 Å². The molecule has 0 saturated heterocycles. The van der Waals surface area contributed by atoms with Gasteiger partial charge in [-0.1, -0.05) is 27.7 Å². The molecule has 1 rings (SSSR count). The Labute approximate surface area is 132 Å². The molecule has 0 radical (unpaired) electrons. The largest absolute Gasteiger partial charge is 0.359 e. The third-order valence-corrected chi connectivity index (χ3v) is 4.17. The number of hydrogen-bond donors (Lipinski definition) is 2. The summed E-state index contributed by atoms with van der Waals surface area (Å²) in [6, 6.07) is 3.69. The molecule has 5 nitrogen and oxygen atoms in total. The summed E-state index contributed by atoms with van der Waals surface area (Å²) in [5.74, 6) is -0.144. The Hall–Kier alpha value is -1.91. The van der Waals surface area contributed by atoms with Crippen molar-refractivity contribution in [3.63, 3.8) is 0 Å². The molecule has 2 N–H and O–H groups in total. The summed E-state index contributed by atoms with van der Waals surface area (Å²) in [5, 5.41) is 5.57. The van der Waals surface area contributed by atoms with Crippen molar-refractivity contribution < 1.29 is 9.59 Å². The van der Waals surface area contributed by atoms with Crippen molar-refractivity contribution in [2.45, 2.75) is 47.5 Å². The van der Waals surface area contributed by atoms with Gasteiger partial charge in [-0.3, -0.25) is 14.6 Å². The molecular weight excluding hydrogens is 278 g/mol. The van der Waals surface area contributed by atoms with Crippen LogP contribution in [0.15, 0.2) is 18.3 Å². The van der Waals surface area contributed by atoms with Crippen molar-refractivity contribution in [2.24, 2.45) is 10.8 Å². The molecule has 1 unspecified atom stereocenters. The zero-order valence-corrected chi connectivity index (χ0v) is 14.4. The highest BCUT2D eigenvalue weighted by atomic mass is 16.2. The Morgan fingerprint density at radius 1 is 1.18 bits per heavy atom. The summed E-state index contributed by atoms with van der Waals surface area (Å²) in [4.78, 5) is 28.8. The fourth-order valence-corrected chi connectivity index (χ4v) is 2.58. The predicted molar refractivity (Wildman–Crippen MR) is 88.5 cm³/mol. The van der Waals surface area contributed by atoms with Crippen LogP contribution in [0.1, 0.15) is 46.2 Å². The minimum Gasteiger partial charge on any atom is -0.359 e. The maximum absolute atomic E-state index is 12.7. The van der Waals surface area contributed by atoms with Gasteiger partial charge >= 0.3 is 0 Å². The molecule has 5 heteroatoms. The monoisotopic (exact) mass is 305 g/mol. The smallest absolute Gasteiger partial charge is 0.230 e. The third-order valence-electron chi connectivity index (χ3n) is 4.17. The van der Waals surface area contributed by atoms with Crippen LogP contribution in [0.25, 0.3) is 0 Å². The first-order valence-electron chi connectivity index (χ1n) is 7.61. The number of amides is 2. The van der Waals surface area contributed by atoms with Crippen molar-refractivity contribution in [1.29, 1.82) is 0 Å². The van der Waals surface area contributed by atoms with Gasteiger partial charge in [0.15, 0.2) is 0 Å². The number of pyridine rings is 1. The van der Waals surface area contributed by atoms with E-state index in [-0.39, 0.29) is 11.8 Å². The lowest BCUT2D eigenvalue weighted by Gasteiger charge is -2.34. The number of carbonyl (C=O) groups is 2. The molecule has 22 heavy (non-hydrogen) atoms. The first kappa shape index (κ1) is 18.1. The lowest BCUT2D eigenvalue weighted by atomic mass is 9.71. The van der Waals surface area contributed by atoms with E-state index in [4.69, 9.17) is 0 Å². The molecular formula is C17H27N3O2. The van der Waals surface area contributed by atoms with Crippen LogP contribution in [0.5, 0.6) is 0 Å². The number of rotatable bonds is 6. The zero-order chi connectivity index (χ0) is 17.0. The highest BCUT2D eigenvalue weighted by Crippen LogP contribution is 2.37. The lowest BCUT2D eigenvalue weighted by molar-refractivity contribution is -0.134. The number of carbonyl (C=O) groups excluding carboxylic acids is 2. The highest BCUT2D eigenvalue weighted by molar-refractivity contribution is 5.95. The second-order valence-electron chi connectivity index (χ2n) is 6.70. The normalized spacial score (nSPS) is 14.1. The van der Waals surface area contributed by atoms with E-state index >= 15 is 0 Å². The Bertz CT molecular complexity index is 537. The molecule has 0 saturated carbocycles. The van der Waals surface area contributed by atoms with Gasteiger partial charge in [-0.15, -0.1) is 0 Å². The maximum atomic E-state index is 12.7. The second-order valence-corrected chi connectivity index (χ2v) is 6.70. The van der Waals surface area contributed by atoms with Crippen molar-refractivity contribution in [2.75, 3.05) is 12.4 Å². The Kier molecular flexibility index (Phi) is 5.69. The van der Waals surface area contributed by atoms with Gasteiger partial charge in [0, 0.05) is 23.6 Å². The average molecular weight is 305 g/mol. The van der Waals surface area contributed by atoms with E-state index in [9.17, 15) is 9.59 Å². The van der Waals surface area contributed by atoms with Crippen LogP contribution in [0, 0.1) is 17.8 Å². The molecule has 0 spiro atoms. The molecule has 122 valence electrons. The number of aryl methyl sites for hydroxylation is 1. The van der Waals surface area contributed by atoms with Crippen LogP contribution in [0.4, 0.5) is 5.69 Å². The number of hydrogen-bond acceptors (Lipinski definition) is 3. The predicted octanol–water partition coefficient (Wildman–Crippen LogP) is 2.91. The third kappa shape index (κ3) is 4.29. The standard InChI is InChI=1S/C17H27N3O2/c1-7-17(5,11-16(3,4)14(21)18-6)15(22)20-13-9-8-12(2)19-10-13/h8-10H,7,11H2,1-6H3,(H,18,21)(H,20,22).